The number of hydrogen-bond acceptors (Lipinski definition) is 7. The number of carbonyl (C=O) groups excluding carboxylic acids is 3. The predicted octanol–water partition coefficient (Wildman–Crippen LogP) is 3.51. The normalized spacial score (nSPS) is 28.6. The molecule has 1 spiro atoms. The average molecular weight is 661 g/mol. The molecule has 4 heterocycles. The summed E-state index contributed by atoms with van der Waals surface area (Å²) in [6.45, 7) is 12.2. The minimum atomic E-state index is -2.45. The molecule has 0 radical (unpaired) electrons. The first-order valence-electron chi connectivity index (χ1n) is 16.9. The number of hydrogen-bond donors (Lipinski definition) is 3. The number of nitrogens with one attached hydrogen (secondary N) is 2. The largest absolute Gasteiger partial charge is 0.497 e. The number of anilines is 2. The molecular formula is C36H48N4O6Si. The maximum Gasteiger partial charge on any atom is 0.264 e. The highest BCUT2D eigenvalue weighted by Gasteiger charge is 2.66. The molecule has 0 saturated carbocycles. The molecule has 6 rings (SSSR count). The van der Waals surface area contributed by atoms with E-state index in [0.29, 0.717) is 24.3 Å². The molecule has 4 aliphatic heterocycles. The lowest BCUT2D eigenvalue weighted by Crippen LogP contribution is -2.52. The summed E-state index contributed by atoms with van der Waals surface area (Å²) < 4.78 is 12.6. The SMILES string of the molecule is C=CCN1C(=O)[C@]2(O[C@H](CC(=O)N3CCC[C@H]3CO)[C@@H]([Si](C)(C)c3ccc(OC)cc3)[C@@H]2C)c2cc(NC(=O)[C@H]3CCCN3)ccc21. The van der Waals surface area contributed by atoms with Crippen LogP contribution in [-0.2, 0) is 24.7 Å². The summed E-state index contributed by atoms with van der Waals surface area (Å²) in [7, 11) is -0.806. The lowest BCUT2D eigenvalue weighted by Gasteiger charge is -2.37. The van der Waals surface area contributed by atoms with Gasteiger partial charge in [-0.3, -0.25) is 14.4 Å². The third-order valence-electron chi connectivity index (χ3n) is 11.1. The van der Waals surface area contributed by atoms with E-state index < -0.39 is 19.8 Å². The minimum absolute atomic E-state index is 0.0565. The molecule has 2 aromatic carbocycles. The van der Waals surface area contributed by atoms with E-state index in [1.807, 2.05) is 30.3 Å². The van der Waals surface area contributed by atoms with Crippen LogP contribution in [0.25, 0.3) is 0 Å². The molecule has 2 aromatic rings. The fourth-order valence-corrected chi connectivity index (χ4v) is 12.7. The Morgan fingerprint density at radius 3 is 2.62 bits per heavy atom. The second kappa shape index (κ2) is 13.2. The summed E-state index contributed by atoms with van der Waals surface area (Å²) >= 11 is 0. The number of amides is 3. The third-order valence-corrected chi connectivity index (χ3v) is 15.4. The van der Waals surface area contributed by atoms with Gasteiger partial charge in [-0.15, -0.1) is 6.58 Å². The maximum absolute atomic E-state index is 14.7. The first-order valence-corrected chi connectivity index (χ1v) is 20.0. The molecule has 6 atom stereocenters. The van der Waals surface area contributed by atoms with Crippen molar-refractivity contribution in [1.29, 1.82) is 0 Å². The van der Waals surface area contributed by atoms with Crippen LogP contribution in [0.5, 0.6) is 5.75 Å². The van der Waals surface area contributed by atoms with Crippen molar-refractivity contribution >= 4 is 42.4 Å². The van der Waals surface area contributed by atoms with E-state index in [4.69, 9.17) is 9.47 Å². The van der Waals surface area contributed by atoms with Gasteiger partial charge in [0.15, 0.2) is 5.60 Å². The van der Waals surface area contributed by atoms with Crippen LogP contribution in [0.15, 0.2) is 55.1 Å². The van der Waals surface area contributed by atoms with Crippen LogP contribution >= 0.6 is 0 Å². The Balaban J connectivity index is 1.43. The molecule has 10 nitrogen and oxygen atoms in total. The molecule has 4 aliphatic rings. The van der Waals surface area contributed by atoms with Gasteiger partial charge >= 0.3 is 0 Å². The zero-order valence-corrected chi connectivity index (χ0v) is 29.0. The van der Waals surface area contributed by atoms with E-state index in [1.165, 1.54) is 5.19 Å². The Hall–Kier alpha value is -3.51. The molecule has 0 bridgehead atoms. The Bertz CT molecular complexity index is 1530. The number of aliphatic hydroxyl groups is 1. The van der Waals surface area contributed by atoms with Crippen LogP contribution < -0.4 is 25.5 Å². The van der Waals surface area contributed by atoms with Crippen molar-refractivity contribution in [3.63, 3.8) is 0 Å². The van der Waals surface area contributed by atoms with Crippen LogP contribution in [0.4, 0.5) is 11.4 Å². The van der Waals surface area contributed by atoms with Crippen LogP contribution in [-0.4, -0.2) is 87.3 Å². The van der Waals surface area contributed by atoms with Crippen molar-refractivity contribution in [3.8, 4) is 5.75 Å². The topological polar surface area (TPSA) is 120 Å². The number of nitrogens with zero attached hydrogens (tertiary/aromatic N) is 2. The number of aliphatic hydroxyl groups excluding tert-OH is 1. The number of ether oxygens (including phenoxy) is 2. The van der Waals surface area contributed by atoms with Crippen molar-refractivity contribution in [2.24, 2.45) is 5.92 Å². The maximum atomic E-state index is 14.7. The Kier molecular flexibility index (Phi) is 9.36. The molecule has 3 N–H and O–H groups in total. The molecule has 0 aromatic heterocycles. The molecule has 0 aliphatic carbocycles. The molecule has 3 saturated heterocycles. The minimum Gasteiger partial charge on any atom is -0.497 e. The number of rotatable bonds is 10. The van der Waals surface area contributed by atoms with Crippen LogP contribution in [0.2, 0.25) is 18.6 Å². The molecule has 0 unspecified atom stereocenters. The van der Waals surface area contributed by atoms with Crippen molar-refractivity contribution in [2.45, 2.75) is 81.5 Å². The summed E-state index contributed by atoms with van der Waals surface area (Å²) in [5.74, 6) is 0.153. The standard InChI is InChI=1S/C36H48N4O6Si/c1-6-18-40-30-16-11-24(38-34(43)29-10-7-17-37-29)20-28(30)36(35(40)44)23(2)33(47(4,5)27-14-12-26(45-3)13-15-27)31(46-36)21-32(42)39-19-8-9-25(39)22-41/h6,11-16,20,23,25,29,31,33,37,41H,1,7-10,17-19,21-22H2,2-5H3,(H,38,43)/t23-,25-,29+,31+,33-,36+/m0/s1. The van der Waals surface area contributed by atoms with Gasteiger partial charge < -0.3 is 35.0 Å². The highest BCUT2D eigenvalue weighted by molar-refractivity contribution is 6.91. The Labute approximate surface area is 278 Å². The Morgan fingerprint density at radius 2 is 1.96 bits per heavy atom. The average Bonchev–Trinajstić information content (AvgIpc) is 3.86. The van der Waals surface area contributed by atoms with Crippen molar-refractivity contribution in [1.82, 2.24) is 10.2 Å². The second-order valence-corrected chi connectivity index (χ2v) is 18.7. The van der Waals surface area contributed by atoms with E-state index in [9.17, 15) is 19.5 Å². The number of benzene rings is 2. The third kappa shape index (κ3) is 5.71. The Morgan fingerprint density at radius 1 is 1.19 bits per heavy atom. The van der Waals surface area contributed by atoms with Gasteiger partial charge in [-0.1, -0.05) is 43.4 Å². The van der Waals surface area contributed by atoms with Crippen molar-refractivity contribution in [3.05, 3.63) is 60.7 Å². The second-order valence-electron chi connectivity index (χ2n) is 14.0. The van der Waals surface area contributed by atoms with E-state index in [0.717, 1.165) is 43.7 Å². The van der Waals surface area contributed by atoms with Gasteiger partial charge in [0.25, 0.3) is 5.91 Å². The van der Waals surface area contributed by atoms with Crippen LogP contribution in [0.1, 0.15) is 44.6 Å². The van der Waals surface area contributed by atoms with E-state index in [1.54, 1.807) is 23.0 Å². The van der Waals surface area contributed by atoms with E-state index in [2.05, 4.69) is 49.4 Å². The van der Waals surface area contributed by atoms with Gasteiger partial charge in [0.05, 0.1) is 52.1 Å². The highest BCUT2D eigenvalue weighted by Crippen LogP contribution is 2.60. The van der Waals surface area contributed by atoms with Gasteiger partial charge in [0.2, 0.25) is 11.8 Å². The first-order chi connectivity index (χ1) is 22.6. The molecule has 11 heteroatoms. The van der Waals surface area contributed by atoms with Gasteiger partial charge in [-0.05, 0) is 68.1 Å². The molecule has 3 fully saturated rings. The monoisotopic (exact) mass is 660 g/mol. The molecular weight excluding hydrogens is 613 g/mol. The molecule has 3 amide bonds. The van der Waals surface area contributed by atoms with E-state index in [-0.39, 0.29) is 54.3 Å². The van der Waals surface area contributed by atoms with E-state index >= 15 is 0 Å². The van der Waals surface area contributed by atoms with Crippen LogP contribution in [0.3, 0.4) is 0 Å². The lowest BCUT2D eigenvalue weighted by atomic mass is 9.82. The smallest absolute Gasteiger partial charge is 0.264 e. The van der Waals surface area contributed by atoms with Gasteiger partial charge in [-0.2, -0.15) is 0 Å². The summed E-state index contributed by atoms with van der Waals surface area (Å²) in [6, 6.07) is 13.3. The van der Waals surface area contributed by atoms with Crippen molar-refractivity contribution in [2.75, 3.05) is 43.6 Å². The zero-order chi connectivity index (χ0) is 33.5. The van der Waals surface area contributed by atoms with Gasteiger partial charge in [0, 0.05) is 30.3 Å². The zero-order valence-electron chi connectivity index (χ0n) is 28.0. The number of likely N-dealkylation sites (tertiary alicyclic amines) is 1. The fraction of sp³-hybridized carbons (Fsp3) is 0.528. The first kappa shape index (κ1) is 33.4. The molecule has 252 valence electrons. The quantitative estimate of drug-likeness (QED) is 0.264. The number of methoxy groups -OCH3 is 1. The summed E-state index contributed by atoms with van der Waals surface area (Å²) in [4.78, 5) is 45.3. The number of fused-ring (bicyclic) bond motifs is 2. The predicted molar refractivity (Wildman–Crippen MR) is 185 cm³/mol. The van der Waals surface area contributed by atoms with Gasteiger partial charge in [0.1, 0.15) is 5.75 Å². The van der Waals surface area contributed by atoms with Gasteiger partial charge in [-0.25, -0.2) is 0 Å². The summed E-state index contributed by atoms with van der Waals surface area (Å²) in [6.07, 6.45) is 4.65. The molecule has 47 heavy (non-hydrogen) atoms. The lowest BCUT2D eigenvalue weighted by molar-refractivity contribution is -0.149. The van der Waals surface area contributed by atoms with Crippen LogP contribution in [0, 0.1) is 5.92 Å². The summed E-state index contributed by atoms with van der Waals surface area (Å²) in [5, 5.41) is 17.5. The van der Waals surface area contributed by atoms with Crippen molar-refractivity contribution < 1.29 is 29.0 Å². The fourth-order valence-electron chi connectivity index (χ4n) is 8.68. The number of carbonyl (C=O) groups is 3. The highest BCUT2D eigenvalue weighted by atomic mass is 28.3. The summed E-state index contributed by atoms with van der Waals surface area (Å²) in [5.41, 5.74) is 0.586.